The molecule has 2 unspecified atom stereocenters. The molecule has 1 saturated heterocycles. The summed E-state index contributed by atoms with van der Waals surface area (Å²) in [5, 5.41) is 6.58. The van der Waals surface area contributed by atoms with Gasteiger partial charge in [0.15, 0.2) is 0 Å². The summed E-state index contributed by atoms with van der Waals surface area (Å²) in [5.41, 5.74) is 1.34. The van der Waals surface area contributed by atoms with E-state index in [1.807, 2.05) is 0 Å². The summed E-state index contributed by atoms with van der Waals surface area (Å²) in [6, 6.07) is 0.908. The quantitative estimate of drug-likeness (QED) is 0.737. The number of carbonyl (C=O) groups excluding carboxylic acids is 1. The fourth-order valence-electron chi connectivity index (χ4n) is 2.81. The third-order valence-electron chi connectivity index (χ3n) is 3.76. The molecule has 1 fully saturated rings. The van der Waals surface area contributed by atoms with Crippen LogP contribution < -0.4 is 10.6 Å². The predicted octanol–water partition coefficient (Wildman–Crippen LogP) is 2.13. The molecule has 0 bridgehead atoms. The van der Waals surface area contributed by atoms with Crippen molar-refractivity contribution in [2.75, 3.05) is 6.54 Å². The highest BCUT2D eigenvalue weighted by Crippen LogP contribution is 2.20. The Hall–Kier alpha value is -0.830. The minimum Gasteiger partial charge on any atom is -0.353 e. The lowest BCUT2D eigenvalue weighted by atomic mass is 9.96. The van der Waals surface area contributed by atoms with E-state index >= 15 is 0 Å². The Bertz CT molecular complexity index is 299. The van der Waals surface area contributed by atoms with E-state index in [1.165, 1.54) is 18.4 Å². The van der Waals surface area contributed by atoms with Crippen molar-refractivity contribution in [2.45, 2.75) is 64.0 Å². The number of carbonyl (C=O) groups is 1. The van der Waals surface area contributed by atoms with Crippen molar-refractivity contribution in [3.8, 4) is 0 Å². The number of rotatable bonds is 3. The van der Waals surface area contributed by atoms with Crippen LogP contribution in [0.3, 0.4) is 0 Å². The fraction of sp³-hybridized carbons (Fsp3) is 0.786. The minimum atomic E-state index is 0.220. The average molecular weight is 236 g/mol. The van der Waals surface area contributed by atoms with E-state index in [0.29, 0.717) is 18.5 Å². The normalized spacial score (nSPS) is 29.6. The Morgan fingerprint density at radius 1 is 1.53 bits per heavy atom. The van der Waals surface area contributed by atoms with Gasteiger partial charge in [0, 0.05) is 18.5 Å². The summed E-state index contributed by atoms with van der Waals surface area (Å²) in [5.74, 6) is 0.220. The molecule has 2 rings (SSSR count). The molecule has 0 aromatic carbocycles. The van der Waals surface area contributed by atoms with Crippen molar-refractivity contribution in [3.05, 3.63) is 11.6 Å². The van der Waals surface area contributed by atoms with Crippen LogP contribution in [0.15, 0.2) is 11.6 Å². The van der Waals surface area contributed by atoms with Crippen LogP contribution in [0.4, 0.5) is 0 Å². The SMILES string of the molecule is CC1CC(NC(=O)CC2=CCCCC2)CCN1. The number of nitrogens with one attached hydrogen (secondary N) is 2. The summed E-state index contributed by atoms with van der Waals surface area (Å²) in [7, 11) is 0. The molecule has 0 aromatic heterocycles. The van der Waals surface area contributed by atoms with E-state index in [2.05, 4.69) is 23.6 Å². The Labute approximate surface area is 104 Å². The largest absolute Gasteiger partial charge is 0.353 e. The molecule has 1 aliphatic carbocycles. The molecule has 1 aliphatic heterocycles. The monoisotopic (exact) mass is 236 g/mol. The number of piperidine rings is 1. The van der Waals surface area contributed by atoms with Crippen LogP contribution in [-0.4, -0.2) is 24.5 Å². The summed E-state index contributed by atoms with van der Waals surface area (Å²) < 4.78 is 0. The Kier molecular flexibility index (Phi) is 4.60. The zero-order valence-electron chi connectivity index (χ0n) is 10.8. The van der Waals surface area contributed by atoms with Crippen molar-refractivity contribution in [1.82, 2.24) is 10.6 Å². The van der Waals surface area contributed by atoms with Crippen molar-refractivity contribution >= 4 is 5.91 Å². The molecule has 0 radical (unpaired) electrons. The lowest BCUT2D eigenvalue weighted by Gasteiger charge is -2.28. The first-order valence-corrected chi connectivity index (χ1v) is 6.94. The molecule has 1 heterocycles. The van der Waals surface area contributed by atoms with Gasteiger partial charge in [-0.1, -0.05) is 11.6 Å². The molecular formula is C14H24N2O. The predicted molar refractivity (Wildman–Crippen MR) is 69.8 cm³/mol. The minimum absolute atomic E-state index is 0.220. The molecule has 17 heavy (non-hydrogen) atoms. The molecule has 0 aromatic rings. The van der Waals surface area contributed by atoms with Gasteiger partial charge in [-0.2, -0.15) is 0 Å². The van der Waals surface area contributed by atoms with E-state index in [-0.39, 0.29) is 5.91 Å². The van der Waals surface area contributed by atoms with Gasteiger partial charge in [-0.25, -0.2) is 0 Å². The van der Waals surface area contributed by atoms with E-state index in [9.17, 15) is 4.79 Å². The van der Waals surface area contributed by atoms with Crippen LogP contribution in [-0.2, 0) is 4.79 Å². The van der Waals surface area contributed by atoms with Gasteiger partial charge in [0.05, 0.1) is 0 Å². The summed E-state index contributed by atoms with van der Waals surface area (Å²) >= 11 is 0. The van der Waals surface area contributed by atoms with Gasteiger partial charge in [0.2, 0.25) is 5.91 Å². The molecule has 2 atom stereocenters. The highest BCUT2D eigenvalue weighted by molar-refractivity contribution is 5.78. The fourth-order valence-corrected chi connectivity index (χ4v) is 2.81. The average Bonchev–Trinajstić information content (AvgIpc) is 2.30. The van der Waals surface area contributed by atoms with Gasteiger partial charge in [0.25, 0.3) is 0 Å². The second-order valence-corrected chi connectivity index (χ2v) is 5.43. The molecule has 3 nitrogen and oxygen atoms in total. The van der Waals surface area contributed by atoms with Crippen molar-refractivity contribution in [2.24, 2.45) is 0 Å². The standard InChI is InChI=1S/C14H24N2O/c1-11-9-13(7-8-15-11)16-14(17)10-12-5-3-2-4-6-12/h5,11,13,15H,2-4,6-10H2,1H3,(H,16,17). The topological polar surface area (TPSA) is 41.1 Å². The third-order valence-corrected chi connectivity index (χ3v) is 3.76. The van der Waals surface area contributed by atoms with Crippen molar-refractivity contribution in [3.63, 3.8) is 0 Å². The molecule has 2 aliphatic rings. The Balaban J connectivity index is 1.74. The van der Waals surface area contributed by atoms with Gasteiger partial charge in [-0.15, -0.1) is 0 Å². The van der Waals surface area contributed by atoms with Gasteiger partial charge in [-0.3, -0.25) is 4.79 Å². The zero-order chi connectivity index (χ0) is 12.1. The van der Waals surface area contributed by atoms with Gasteiger partial charge >= 0.3 is 0 Å². The number of allylic oxidation sites excluding steroid dienone is 1. The first kappa shape index (κ1) is 12.6. The second-order valence-electron chi connectivity index (χ2n) is 5.43. The first-order valence-electron chi connectivity index (χ1n) is 6.94. The maximum Gasteiger partial charge on any atom is 0.224 e. The van der Waals surface area contributed by atoms with Gasteiger partial charge in [0.1, 0.15) is 0 Å². The summed E-state index contributed by atoms with van der Waals surface area (Å²) in [6.45, 7) is 3.21. The van der Waals surface area contributed by atoms with Crippen LogP contribution in [0, 0.1) is 0 Å². The molecule has 0 saturated carbocycles. The van der Waals surface area contributed by atoms with Gasteiger partial charge < -0.3 is 10.6 Å². The lowest BCUT2D eigenvalue weighted by molar-refractivity contribution is -0.121. The van der Waals surface area contributed by atoms with E-state index < -0.39 is 0 Å². The van der Waals surface area contributed by atoms with Crippen LogP contribution in [0.5, 0.6) is 0 Å². The molecule has 3 heteroatoms. The molecular weight excluding hydrogens is 212 g/mol. The molecule has 96 valence electrons. The Morgan fingerprint density at radius 2 is 2.41 bits per heavy atom. The van der Waals surface area contributed by atoms with E-state index in [1.54, 1.807) is 0 Å². The van der Waals surface area contributed by atoms with Crippen LogP contribution in [0.25, 0.3) is 0 Å². The third kappa shape index (κ3) is 4.15. The second kappa shape index (κ2) is 6.20. The van der Waals surface area contributed by atoms with Crippen LogP contribution >= 0.6 is 0 Å². The number of hydrogen-bond acceptors (Lipinski definition) is 2. The van der Waals surface area contributed by atoms with E-state index in [4.69, 9.17) is 0 Å². The summed E-state index contributed by atoms with van der Waals surface area (Å²) in [6.07, 6.45) is 9.83. The summed E-state index contributed by atoms with van der Waals surface area (Å²) in [4.78, 5) is 11.9. The van der Waals surface area contributed by atoms with E-state index in [0.717, 1.165) is 32.2 Å². The van der Waals surface area contributed by atoms with Crippen LogP contribution in [0.2, 0.25) is 0 Å². The zero-order valence-corrected chi connectivity index (χ0v) is 10.8. The maximum absolute atomic E-state index is 11.9. The number of hydrogen-bond donors (Lipinski definition) is 2. The van der Waals surface area contributed by atoms with Crippen molar-refractivity contribution < 1.29 is 4.79 Å². The lowest BCUT2D eigenvalue weighted by Crippen LogP contribution is -2.46. The van der Waals surface area contributed by atoms with Gasteiger partial charge in [-0.05, 0) is 52.0 Å². The molecule has 2 N–H and O–H groups in total. The maximum atomic E-state index is 11.9. The van der Waals surface area contributed by atoms with Crippen molar-refractivity contribution in [1.29, 1.82) is 0 Å². The molecule has 1 amide bonds. The highest BCUT2D eigenvalue weighted by atomic mass is 16.1. The van der Waals surface area contributed by atoms with Crippen LogP contribution in [0.1, 0.15) is 51.9 Å². The molecule has 0 spiro atoms. The number of amides is 1. The Morgan fingerprint density at radius 3 is 3.12 bits per heavy atom. The smallest absolute Gasteiger partial charge is 0.224 e. The highest BCUT2D eigenvalue weighted by Gasteiger charge is 2.20. The first-order chi connectivity index (χ1) is 8.24.